The number of hydrogen-bond donors (Lipinski definition) is 1. The second-order valence-corrected chi connectivity index (χ2v) is 7.99. The summed E-state index contributed by atoms with van der Waals surface area (Å²) in [7, 11) is -4.28. The van der Waals surface area contributed by atoms with E-state index in [-0.39, 0.29) is 34.8 Å². The number of unbranched alkanes of at least 4 members (excludes halogenated alkanes) is 1. The Morgan fingerprint density at radius 3 is 2.33 bits per heavy atom. The van der Waals surface area contributed by atoms with Crippen molar-refractivity contribution >= 4 is 27.7 Å². The van der Waals surface area contributed by atoms with Crippen LogP contribution in [0.4, 0.5) is 0 Å². The number of amides is 1. The molecular formula is C19H21NO6S. The molecule has 0 atom stereocenters. The highest BCUT2D eigenvalue weighted by molar-refractivity contribution is 7.89. The first-order valence-electron chi connectivity index (χ1n) is 8.50. The molecule has 0 saturated carbocycles. The van der Waals surface area contributed by atoms with Crippen molar-refractivity contribution in [3.8, 4) is 0 Å². The molecule has 1 aliphatic rings. The van der Waals surface area contributed by atoms with E-state index in [1.807, 2.05) is 6.92 Å². The summed E-state index contributed by atoms with van der Waals surface area (Å²) in [5, 5.41) is 8.97. The number of carboxylic acid groups (broad SMARTS) is 1. The number of carbonyl (C=O) groups is 3. The highest BCUT2D eigenvalue weighted by Gasteiger charge is 2.34. The van der Waals surface area contributed by atoms with Gasteiger partial charge in [-0.05, 0) is 49.3 Å². The highest BCUT2D eigenvalue weighted by atomic mass is 32.2. The average molecular weight is 391 g/mol. The molecule has 0 radical (unpaired) electrons. The predicted octanol–water partition coefficient (Wildman–Crippen LogP) is 2.90. The molecule has 144 valence electrons. The summed E-state index contributed by atoms with van der Waals surface area (Å²) < 4.78 is 27.0. The lowest BCUT2D eigenvalue weighted by Crippen LogP contribution is -2.38. The van der Waals surface area contributed by atoms with Gasteiger partial charge in [-0.1, -0.05) is 19.4 Å². The minimum absolute atomic E-state index is 0.0254. The Hall–Kier alpha value is -2.74. The zero-order valence-corrected chi connectivity index (χ0v) is 16.0. The molecule has 1 N–H and O–H groups in total. The van der Waals surface area contributed by atoms with E-state index in [1.165, 1.54) is 12.2 Å². The largest absolute Gasteiger partial charge is 0.478 e. The number of benzene rings is 1. The Labute approximate surface area is 158 Å². The lowest BCUT2D eigenvalue weighted by molar-refractivity contribution is -0.125. The molecule has 0 fully saturated rings. The van der Waals surface area contributed by atoms with Crippen LogP contribution in [0.2, 0.25) is 0 Å². The van der Waals surface area contributed by atoms with Gasteiger partial charge in [-0.15, -0.1) is 0 Å². The van der Waals surface area contributed by atoms with Crippen LogP contribution in [-0.2, 0) is 19.6 Å². The maximum absolute atomic E-state index is 13.2. The smallest absolute Gasteiger partial charge is 0.335 e. The van der Waals surface area contributed by atoms with Crippen molar-refractivity contribution in [3.05, 3.63) is 53.3 Å². The maximum Gasteiger partial charge on any atom is 0.335 e. The molecule has 1 amide bonds. The summed E-state index contributed by atoms with van der Waals surface area (Å²) in [5.41, 5.74) is 0.583. The van der Waals surface area contributed by atoms with Crippen LogP contribution in [0, 0.1) is 0 Å². The van der Waals surface area contributed by atoms with Gasteiger partial charge in [-0.3, -0.25) is 9.59 Å². The van der Waals surface area contributed by atoms with Crippen LogP contribution in [0.1, 0.15) is 49.9 Å². The fourth-order valence-electron chi connectivity index (χ4n) is 2.64. The number of carbonyl (C=O) groups excluding carboxylic acids is 2. The zero-order chi connectivity index (χ0) is 20.2. The van der Waals surface area contributed by atoms with E-state index in [9.17, 15) is 22.8 Å². The second-order valence-electron chi connectivity index (χ2n) is 6.20. The van der Waals surface area contributed by atoms with Crippen molar-refractivity contribution in [2.75, 3.05) is 0 Å². The quantitative estimate of drug-likeness (QED) is 0.765. The molecule has 0 aromatic heterocycles. The van der Waals surface area contributed by atoms with E-state index < -0.39 is 21.9 Å². The lowest BCUT2D eigenvalue weighted by atomic mass is 10.0. The Bertz CT molecular complexity index is 925. The van der Waals surface area contributed by atoms with Crippen LogP contribution in [0.3, 0.4) is 0 Å². The average Bonchev–Trinajstić information content (AvgIpc) is 2.63. The van der Waals surface area contributed by atoms with Gasteiger partial charge in [-0.2, -0.15) is 0 Å². The van der Waals surface area contributed by atoms with Crippen LogP contribution in [0.25, 0.3) is 0 Å². The Kier molecular flexibility index (Phi) is 6.32. The van der Waals surface area contributed by atoms with Crippen LogP contribution in [-0.4, -0.2) is 35.5 Å². The number of ketones is 1. The van der Waals surface area contributed by atoms with Crippen LogP contribution in [0.15, 0.2) is 52.6 Å². The van der Waals surface area contributed by atoms with Crippen molar-refractivity contribution in [1.29, 1.82) is 0 Å². The number of sulfonamides is 1. The summed E-state index contributed by atoms with van der Waals surface area (Å²) in [6.07, 6.45) is 3.90. The number of rotatable bonds is 7. The van der Waals surface area contributed by atoms with Gasteiger partial charge in [0.2, 0.25) is 5.91 Å². The van der Waals surface area contributed by atoms with E-state index >= 15 is 0 Å². The minimum atomic E-state index is -4.28. The normalized spacial score (nSPS) is 14.4. The van der Waals surface area contributed by atoms with Crippen LogP contribution in [0.5, 0.6) is 0 Å². The molecule has 0 heterocycles. The van der Waals surface area contributed by atoms with E-state index in [2.05, 4.69) is 0 Å². The van der Waals surface area contributed by atoms with Gasteiger partial charge in [0.25, 0.3) is 10.0 Å². The third-order valence-corrected chi connectivity index (χ3v) is 5.94. The lowest BCUT2D eigenvalue weighted by Gasteiger charge is -2.27. The molecule has 2 rings (SSSR count). The first kappa shape index (κ1) is 20.6. The third kappa shape index (κ3) is 4.51. The van der Waals surface area contributed by atoms with Gasteiger partial charge in [0, 0.05) is 12.1 Å². The first-order valence-corrected chi connectivity index (χ1v) is 9.94. The van der Waals surface area contributed by atoms with Crippen LogP contribution >= 0.6 is 0 Å². The minimum Gasteiger partial charge on any atom is -0.478 e. The number of aromatic carboxylic acids is 1. The van der Waals surface area contributed by atoms with Crippen molar-refractivity contribution in [1.82, 2.24) is 4.31 Å². The van der Waals surface area contributed by atoms with Gasteiger partial charge >= 0.3 is 5.97 Å². The summed E-state index contributed by atoms with van der Waals surface area (Å²) in [4.78, 5) is 35.3. The molecule has 0 bridgehead atoms. The number of allylic oxidation sites excluding steroid dienone is 4. The van der Waals surface area contributed by atoms with Gasteiger partial charge in [0.15, 0.2) is 5.78 Å². The molecule has 27 heavy (non-hydrogen) atoms. The molecule has 0 unspecified atom stereocenters. The molecule has 0 aliphatic heterocycles. The molecule has 1 aliphatic carbocycles. The molecule has 0 spiro atoms. The highest BCUT2D eigenvalue weighted by Crippen LogP contribution is 2.29. The monoisotopic (exact) mass is 391 g/mol. The van der Waals surface area contributed by atoms with Gasteiger partial charge < -0.3 is 5.11 Å². The van der Waals surface area contributed by atoms with E-state index in [0.717, 1.165) is 24.3 Å². The Morgan fingerprint density at radius 2 is 1.78 bits per heavy atom. The number of carboxylic acids is 1. The van der Waals surface area contributed by atoms with Gasteiger partial charge in [0.05, 0.1) is 16.9 Å². The van der Waals surface area contributed by atoms with Crippen molar-refractivity contribution < 1.29 is 27.9 Å². The molecule has 1 aromatic carbocycles. The van der Waals surface area contributed by atoms with Gasteiger partial charge in [-0.25, -0.2) is 17.5 Å². The van der Waals surface area contributed by atoms with E-state index in [1.54, 1.807) is 6.92 Å². The summed E-state index contributed by atoms with van der Waals surface area (Å²) in [5.74, 6) is -2.09. The molecular weight excluding hydrogens is 370 g/mol. The molecule has 0 saturated heterocycles. The number of nitrogens with zero attached hydrogens (tertiary/aromatic N) is 1. The van der Waals surface area contributed by atoms with Crippen LogP contribution < -0.4 is 0 Å². The molecule has 7 nitrogen and oxygen atoms in total. The van der Waals surface area contributed by atoms with Gasteiger partial charge in [0.1, 0.15) is 0 Å². The molecule has 8 heteroatoms. The maximum atomic E-state index is 13.2. The van der Waals surface area contributed by atoms with Crippen molar-refractivity contribution in [2.24, 2.45) is 0 Å². The first-order chi connectivity index (χ1) is 12.7. The summed E-state index contributed by atoms with van der Waals surface area (Å²) >= 11 is 0. The topological polar surface area (TPSA) is 109 Å². The Balaban J connectivity index is 2.54. The fourth-order valence-corrected chi connectivity index (χ4v) is 4.19. The van der Waals surface area contributed by atoms with Crippen molar-refractivity contribution in [3.63, 3.8) is 0 Å². The zero-order valence-electron chi connectivity index (χ0n) is 15.1. The van der Waals surface area contributed by atoms with E-state index in [0.29, 0.717) is 22.7 Å². The third-order valence-electron chi connectivity index (χ3n) is 4.17. The SMILES string of the molecule is CCCCC(=O)N(C1=C(C)C=CC(=O)C1)S(=O)(=O)c1ccc(C(=O)O)cc1. The number of hydrogen-bond acceptors (Lipinski definition) is 5. The fraction of sp³-hybridized carbons (Fsp3) is 0.316. The summed E-state index contributed by atoms with van der Waals surface area (Å²) in [6.45, 7) is 3.52. The van der Waals surface area contributed by atoms with E-state index in [4.69, 9.17) is 5.11 Å². The summed E-state index contributed by atoms with van der Waals surface area (Å²) in [6, 6.07) is 4.62. The van der Waals surface area contributed by atoms with Crippen molar-refractivity contribution in [2.45, 2.75) is 44.4 Å². The Morgan fingerprint density at radius 1 is 1.15 bits per heavy atom. The molecule has 1 aromatic rings. The predicted molar refractivity (Wildman–Crippen MR) is 98.4 cm³/mol. The standard InChI is InChI=1S/C19H21NO6S/c1-3-4-5-18(22)20(17-12-15(21)9-6-13(17)2)27(25,26)16-10-7-14(8-11-16)19(23)24/h6-11H,3-5,12H2,1-2H3,(H,23,24). The second kappa shape index (κ2) is 8.30.